The number of fused-ring (bicyclic) bond motifs is 2. The highest BCUT2D eigenvalue weighted by Crippen LogP contribution is 2.30. The minimum absolute atomic E-state index is 0.974. The van der Waals surface area contributed by atoms with Crippen LogP contribution in [0, 0.1) is 0 Å². The van der Waals surface area contributed by atoms with Gasteiger partial charge in [0, 0.05) is 31.6 Å². The number of benzene rings is 2. The Morgan fingerprint density at radius 2 is 1.67 bits per heavy atom. The molecule has 5 rings (SSSR count). The predicted octanol–water partition coefficient (Wildman–Crippen LogP) is 4.73. The molecular formula is C22H22N4S. The van der Waals surface area contributed by atoms with Crippen LogP contribution in [0.3, 0.4) is 0 Å². The first-order valence-electron chi connectivity index (χ1n) is 9.55. The maximum absolute atomic E-state index is 4.86. The van der Waals surface area contributed by atoms with E-state index in [9.17, 15) is 0 Å². The molecule has 1 aliphatic heterocycles. The van der Waals surface area contributed by atoms with Crippen molar-refractivity contribution in [1.82, 2.24) is 9.97 Å². The van der Waals surface area contributed by atoms with Gasteiger partial charge in [-0.05, 0) is 42.3 Å². The van der Waals surface area contributed by atoms with Crippen molar-refractivity contribution in [2.75, 3.05) is 36.0 Å². The van der Waals surface area contributed by atoms with Crippen molar-refractivity contribution in [3.05, 3.63) is 60.2 Å². The fourth-order valence-corrected chi connectivity index (χ4v) is 4.75. The van der Waals surface area contributed by atoms with E-state index in [4.69, 9.17) is 9.97 Å². The normalized spacial score (nSPS) is 15.0. The number of thiazole rings is 1. The second kappa shape index (κ2) is 6.82. The van der Waals surface area contributed by atoms with Crippen LogP contribution in [0.5, 0.6) is 0 Å². The van der Waals surface area contributed by atoms with Crippen LogP contribution in [-0.2, 0) is 6.42 Å². The summed E-state index contributed by atoms with van der Waals surface area (Å²) in [7, 11) is 0. The Morgan fingerprint density at radius 3 is 2.52 bits per heavy atom. The van der Waals surface area contributed by atoms with E-state index in [2.05, 4.69) is 65.3 Å². The number of aryl methyl sites for hydroxylation is 1. The van der Waals surface area contributed by atoms with E-state index in [1.807, 2.05) is 17.4 Å². The Labute approximate surface area is 163 Å². The van der Waals surface area contributed by atoms with E-state index in [1.165, 1.54) is 15.6 Å². The molecule has 0 amide bonds. The van der Waals surface area contributed by atoms with Crippen molar-refractivity contribution in [1.29, 1.82) is 0 Å². The largest absolute Gasteiger partial charge is 0.353 e. The summed E-state index contributed by atoms with van der Waals surface area (Å²) >= 11 is 1.81. The highest BCUT2D eigenvalue weighted by molar-refractivity contribution is 7.22. The van der Waals surface area contributed by atoms with Crippen LogP contribution in [0.4, 0.5) is 10.9 Å². The van der Waals surface area contributed by atoms with E-state index >= 15 is 0 Å². The molecule has 3 heterocycles. The second-order valence-corrected chi connectivity index (χ2v) is 8.00. The van der Waals surface area contributed by atoms with E-state index < -0.39 is 0 Å². The van der Waals surface area contributed by atoms with Crippen molar-refractivity contribution in [3.8, 4) is 0 Å². The second-order valence-electron chi connectivity index (χ2n) is 6.99. The maximum atomic E-state index is 4.86. The lowest BCUT2D eigenvalue weighted by Gasteiger charge is -2.35. The monoisotopic (exact) mass is 374 g/mol. The smallest absolute Gasteiger partial charge is 0.186 e. The van der Waals surface area contributed by atoms with Crippen LogP contribution in [0.2, 0.25) is 0 Å². The molecule has 0 bridgehead atoms. The minimum atomic E-state index is 0.974. The average molecular weight is 375 g/mol. The molecule has 4 aromatic rings. The summed E-state index contributed by atoms with van der Waals surface area (Å²) in [5.74, 6) is 1.07. The lowest BCUT2D eigenvalue weighted by atomic mass is 10.2. The summed E-state index contributed by atoms with van der Waals surface area (Å²) < 4.78 is 1.29. The quantitative estimate of drug-likeness (QED) is 0.519. The molecule has 0 N–H and O–H groups in total. The zero-order valence-corrected chi connectivity index (χ0v) is 16.2. The number of hydrogen-bond donors (Lipinski definition) is 0. The van der Waals surface area contributed by atoms with E-state index in [0.29, 0.717) is 0 Å². The summed E-state index contributed by atoms with van der Waals surface area (Å²) in [6, 6.07) is 19.2. The minimum Gasteiger partial charge on any atom is -0.353 e. The first-order valence-corrected chi connectivity index (χ1v) is 10.4. The number of para-hydroxylation sites is 1. The van der Waals surface area contributed by atoms with Crippen molar-refractivity contribution in [3.63, 3.8) is 0 Å². The van der Waals surface area contributed by atoms with Crippen LogP contribution in [0.1, 0.15) is 12.5 Å². The number of nitrogens with zero attached hydrogens (tertiary/aromatic N) is 4. The highest BCUT2D eigenvalue weighted by atomic mass is 32.1. The topological polar surface area (TPSA) is 32.3 Å². The van der Waals surface area contributed by atoms with Crippen LogP contribution in [-0.4, -0.2) is 36.1 Å². The Morgan fingerprint density at radius 1 is 0.852 bits per heavy atom. The molecule has 0 atom stereocenters. The molecule has 1 fully saturated rings. The SMILES string of the molecule is CCc1ccc2nc(N3CCN(c4ccc5ccccc5n4)CC3)sc2c1. The lowest BCUT2D eigenvalue weighted by molar-refractivity contribution is 0.647. The predicted molar refractivity (Wildman–Crippen MR) is 115 cm³/mol. The Bertz CT molecular complexity index is 1100. The molecule has 1 saturated heterocycles. The van der Waals surface area contributed by atoms with Crippen molar-refractivity contribution >= 4 is 43.4 Å². The van der Waals surface area contributed by atoms with Gasteiger partial charge in [0.25, 0.3) is 0 Å². The van der Waals surface area contributed by atoms with E-state index in [0.717, 1.165) is 54.6 Å². The zero-order chi connectivity index (χ0) is 18.2. The zero-order valence-electron chi connectivity index (χ0n) is 15.4. The summed E-state index contributed by atoms with van der Waals surface area (Å²) in [5.41, 5.74) is 3.56. The molecule has 4 nitrogen and oxygen atoms in total. The number of piperazine rings is 1. The molecular weight excluding hydrogens is 352 g/mol. The molecule has 0 aliphatic carbocycles. The van der Waals surface area contributed by atoms with Crippen molar-refractivity contribution in [2.24, 2.45) is 0 Å². The standard InChI is InChI=1S/C22H22N4S/c1-2-16-7-9-19-20(15-16)27-22(24-19)26-13-11-25(12-14-26)21-10-8-17-5-3-4-6-18(17)23-21/h3-10,15H,2,11-14H2,1H3. The van der Waals surface area contributed by atoms with Crippen LogP contribution >= 0.6 is 11.3 Å². The molecule has 0 spiro atoms. The van der Waals surface area contributed by atoms with Crippen LogP contribution in [0.15, 0.2) is 54.6 Å². The molecule has 136 valence electrons. The molecule has 2 aromatic heterocycles. The van der Waals surface area contributed by atoms with Gasteiger partial charge in [-0.3, -0.25) is 0 Å². The van der Waals surface area contributed by atoms with E-state index in [1.54, 1.807) is 0 Å². The van der Waals surface area contributed by atoms with Gasteiger partial charge >= 0.3 is 0 Å². The maximum Gasteiger partial charge on any atom is 0.186 e. The van der Waals surface area contributed by atoms with Gasteiger partial charge in [0.05, 0.1) is 15.7 Å². The number of aromatic nitrogens is 2. The fraction of sp³-hybridized carbons (Fsp3) is 0.273. The molecule has 1 aliphatic rings. The van der Waals surface area contributed by atoms with Gasteiger partial charge < -0.3 is 9.80 Å². The van der Waals surface area contributed by atoms with Gasteiger partial charge in [0.2, 0.25) is 0 Å². The van der Waals surface area contributed by atoms with Crippen LogP contribution < -0.4 is 9.80 Å². The molecule has 0 unspecified atom stereocenters. The van der Waals surface area contributed by atoms with Crippen molar-refractivity contribution in [2.45, 2.75) is 13.3 Å². The van der Waals surface area contributed by atoms with Gasteiger partial charge in [-0.15, -0.1) is 0 Å². The van der Waals surface area contributed by atoms with Gasteiger partial charge in [0.1, 0.15) is 5.82 Å². The summed E-state index contributed by atoms with van der Waals surface area (Å²) in [6.07, 6.45) is 1.07. The molecule has 0 radical (unpaired) electrons. The van der Waals surface area contributed by atoms with E-state index in [-0.39, 0.29) is 0 Å². The third kappa shape index (κ3) is 3.12. The Hall–Kier alpha value is -2.66. The summed E-state index contributed by atoms with van der Waals surface area (Å²) in [4.78, 5) is 14.5. The van der Waals surface area contributed by atoms with Gasteiger partial charge in [0.15, 0.2) is 5.13 Å². The number of rotatable bonds is 3. The third-order valence-electron chi connectivity index (χ3n) is 5.31. The number of anilines is 2. The Balaban J connectivity index is 1.33. The molecule has 2 aromatic carbocycles. The third-order valence-corrected chi connectivity index (χ3v) is 6.39. The van der Waals surface area contributed by atoms with Crippen LogP contribution in [0.25, 0.3) is 21.1 Å². The fourth-order valence-electron chi connectivity index (χ4n) is 3.67. The van der Waals surface area contributed by atoms with Gasteiger partial charge in [-0.2, -0.15) is 0 Å². The molecule has 5 heteroatoms. The first kappa shape index (κ1) is 16.5. The van der Waals surface area contributed by atoms with Gasteiger partial charge in [-0.25, -0.2) is 9.97 Å². The Kier molecular flexibility index (Phi) is 4.17. The molecule has 27 heavy (non-hydrogen) atoms. The van der Waals surface area contributed by atoms with Crippen molar-refractivity contribution < 1.29 is 0 Å². The average Bonchev–Trinajstić information content (AvgIpc) is 3.17. The van der Waals surface area contributed by atoms with Gasteiger partial charge in [-0.1, -0.05) is 42.5 Å². The summed E-state index contributed by atoms with van der Waals surface area (Å²) in [5, 5.41) is 2.34. The first-order chi connectivity index (χ1) is 13.3. The number of hydrogen-bond acceptors (Lipinski definition) is 5. The lowest BCUT2D eigenvalue weighted by Crippen LogP contribution is -2.46. The molecule has 0 saturated carbocycles. The summed E-state index contributed by atoms with van der Waals surface area (Å²) in [6.45, 7) is 6.11. The highest BCUT2D eigenvalue weighted by Gasteiger charge is 2.21. The number of pyridine rings is 1.